The molecular formula is C14H18O3. The molecule has 0 radical (unpaired) electrons. The molecule has 1 aromatic rings. The molecule has 92 valence electrons. The predicted octanol–water partition coefficient (Wildman–Crippen LogP) is 2.58. The summed E-state index contributed by atoms with van der Waals surface area (Å²) in [4.78, 5) is 10.5. The maximum Gasteiger partial charge on any atom is 0.163 e. The number of hydrogen-bond donors (Lipinski definition) is 0. The van der Waals surface area contributed by atoms with E-state index in [2.05, 4.69) is 0 Å². The standard InChI is InChI=1S/C14H18O3/c1-14(2)16-10-13(17-14)8-7-11-3-5-12(9-15)6-4-11/h3-6,9,13H,7-8,10H2,1-2H3/t13-/m0/s1. The maximum absolute atomic E-state index is 10.5. The average Bonchev–Trinajstić information content (AvgIpc) is 2.67. The van der Waals surface area contributed by atoms with Gasteiger partial charge in [-0.3, -0.25) is 4.79 Å². The van der Waals surface area contributed by atoms with Crippen LogP contribution >= 0.6 is 0 Å². The zero-order valence-electron chi connectivity index (χ0n) is 10.3. The highest BCUT2D eigenvalue weighted by Gasteiger charge is 2.32. The van der Waals surface area contributed by atoms with Crippen molar-refractivity contribution in [2.24, 2.45) is 0 Å². The monoisotopic (exact) mass is 234 g/mol. The Bertz CT molecular complexity index is 381. The molecule has 0 bridgehead atoms. The third-order valence-corrected chi connectivity index (χ3v) is 2.94. The van der Waals surface area contributed by atoms with Crippen molar-refractivity contribution in [3.63, 3.8) is 0 Å². The van der Waals surface area contributed by atoms with Gasteiger partial charge in [0.2, 0.25) is 0 Å². The Morgan fingerprint density at radius 1 is 1.35 bits per heavy atom. The Hall–Kier alpha value is -1.19. The third-order valence-electron chi connectivity index (χ3n) is 2.94. The van der Waals surface area contributed by atoms with E-state index < -0.39 is 5.79 Å². The van der Waals surface area contributed by atoms with Gasteiger partial charge in [-0.05, 0) is 32.3 Å². The fourth-order valence-corrected chi connectivity index (χ4v) is 2.00. The molecule has 3 heteroatoms. The molecular weight excluding hydrogens is 216 g/mol. The minimum atomic E-state index is -0.438. The lowest BCUT2D eigenvalue weighted by Gasteiger charge is -2.17. The van der Waals surface area contributed by atoms with Crippen molar-refractivity contribution in [2.45, 2.75) is 38.6 Å². The molecule has 0 N–H and O–H groups in total. The molecule has 1 aliphatic rings. The normalized spacial score (nSPS) is 22.6. The molecule has 0 aliphatic carbocycles. The SMILES string of the molecule is CC1(C)OC[C@H](CCc2ccc(C=O)cc2)O1. The van der Waals surface area contributed by atoms with Crippen LogP contribution in [0.25, 0.3) is 0 Å². The van der Waals surface area contributed by atoms with Crippen molar-refractivity contribution in [3.05, 3.63) is 35.4 Å². The molecule has 0 amide bonds. The second-order valence-electron chi connectivity index (χ2n) is 4.85. The molecule has 1 fully saturated rings. The summed E-state index contributed by atoms with van der Waals surface area (Å²) in [5.74, 6) is -0.438. The predicted molar refractivity (Wildman–Crippen MR) is 65.1 cm³/mol. The van der Waals surface area contributed by atoms with Crippen molar-refractivity contribution < 1.29 is 14.3 Å². The van der Waals surface area contributed by atoms with Crippen molar-refractivity contribution >= 4 is 6.29 Å². The second kappa shape index (κ2) is 4.98. The lowest BCUT2D eigenvalue weighted by atomic mass is 10.1. The van der Waals surface area contributed by atoms with Gasteiger partial charge in [0.05, 0.1) is 12.7 Å². The number of aryl methyl sites for hydroxylation is 1. The number of hydrogen-bond acceptors (Lipinski definition) is 3. The van der Waals surface area contributed by atoms with Crippen LogP contribution in [0.3, 0.4) is 0 Å². The van der Waals surface area contributed by atoms with Crippen LogP contribution in [0.1, 0.15) is 36.2 Å². The summed E-state index contributed by atoms with van der Waals surface area (Å²) in [5.41, 5.74) is 1.94. The van der Waals surface area contributed by atoms with Gasteiger partial charge in [0.25, 0.3) is 0 Å². The van der Waals surface area contributed by atoms with Gasteiger partial charge in [0.1, 0.15) is 6.29 Å². The summed E-state index contributed by atoms with van der Waals surface area (Å²) in [5, 5.41) is 0. The Kier molecular flexibility index (Phi) is 3.60. The van der Waals surface area contributed by atoms with Crippen molar-refractivity contribution in [2.75, 3.05) is 6.61 Å². The molecule has 1 saturated heterocycles. The zero-order chi connectivity index (χ0) is 12.3. The molecule has 1 aliphatic heterocycles. The van der Waals surface area contributed by atoms with Gasteiger partial charge in [-0.2, -0.15) is 0 Å². The quantitative estimate of drug-likeness (QED) is 0.751. The number of benzene rings is 1. The molecule has 1 aromatic carbocycles. The van der Waals surface area contributed by atoms with Crippen LogP contribution in [0.5, 0.6) is 0 Å². The molecule has 17 heavy (non-hydrogen) atoms. The number of ether oxygens (including phenoxy) is 2. The fraction of sp³-hybridized carbons (Fsp3) is 0.500. The third kappa shape index (κ3) is 3.38. The van der Waals surface area contributed by atoms with E-state index in [1.807, 2.05) is 38.1 Å². The minimum absolute atomic E-state index is 0.177. The van der Waals surface area contributed by atoms with E-state index >= 15 is 0 Å². The Morgan fingerprint density at radius 3 is 2.59 bits per heavy atom. The van der Waals surface area contributed by atoms with Crippen molar-refractivity contribution in [3.8, 4) is 0 Å². The van der Waals surface area contributed by atoms with E-state index in [1.54, 1.807) is 0 Å². The van der Waals surface area contributed by atoms with E-state index in [4.69, 9.17) is 9.47 Å². The Morgan fingerprint density at radius 2 is 2.06 bits per heavy atom. The maximum atomic E-state index is 10.5. The van der Waals surface area contributed by atoms with Gasteiger partial charge < -0.3 is 9.47 Å². The van der Waals surface area contributed by atoms with E-state index in [0.717, 1.165) is 24.7 Å². The zero-order valence-corrected chi connectivity index (χ0v) is 10.3. The van der Waals surface area contributed by atoms with Crippen LogP contribution in [0.15, 0.2) is 24.3 Å². The van der Waals surface area contributed by atoms with Crippen LogP contribution in [0.2, 0.25) is 0 Å². The van der Waals surface area contributed by atoms with Crippen LogP contribution in [-0.2, 0) is 15.9 Å². The Balaban J connectivity index is 1.84. The molecule has 0 spiro atoms. The lowest BCUT2D eigenvalue weighted by Crippen LogP contribution is -2.21. The summed E-state index contributed by atoms with van der Waals surface area (Å²) in [6.07, 6.45) is 2.93. The van der Waals surface area contributed by atoms with E-state index in [-0.39, 0.29) is 6.10 Å². The first-order valence-electron chi connectivity index (χ1n) is 5.95. The molecule has 1 heterocycles. The van der Waals surface area contributed by atoms with E-state index in [1.165, 1.54) is 5.56 Å². The van der Waals surface area contributed by atoms with Gasteiger partial charge in [-0.25, -0.2) is 0 Å². The van der Waals surface area contributed by atoms with Crippen molar-refractivity contribution in [1.82, 2.24) is 0 Å². The summed E-state index contributed by atoms with van der Waals surface area (Å²) >= 11 is 0. The largest absolute Gasteiger partial charge is 0.348 e. The van der Waals surface area contributed by atoms with Crippen LogP contribution in [0, 0.1) is 0 Å². The first-order valence-corrected chi connectivity index (χ1v) is 5.95. The highest BCUT2D eigenvalue weighted by atomic mass is 16.7. The first kappa shape index (κ1) is 12.3. The number of rotatable bonds is 4. The molecule has 0 aromatic heterocycles. The number of carbonyl (C=O) groups excluding carboxylic acids is 1. The van der Waals surface area contributed by atoms with Gasteiger partial charge in [-0.1, -0.05) is 24.3 Å². The molecule has 3 nitrogen and oxygen atoms in total. The lowest BCUT2D eigenvalue weighted by molar-refractivity contribution is -0.138. The minimum Gasteiger partial charge on any atom is -0.348 e. The average molecular weight is 234 g/mol. The van der Waals surface area contributed by atoms with Crippen LogP contribution < -0.4 is 0 Å². The highest BCUT2D eigenvalue weighted by molar-refractivity contribution is 5.74. The van der Waals surface area contributed by atoms with Gasteiger partial charge in [0.15, 0.2) is 5.79 Å². The Labute approximate surface area is 102 Å². The molecule has 0 saturated carbocycles. The highest BCUT2D eigenvalue weighted by Crippen LogP contribution is 2.24. The summed E-state index contributed by atoms with van der Waals surface area (Å²) < 4.78 is 11.2. The summed E-state index contributed by atoms with van der Waals surface area (Å²) in [6, 6.07) is 7.67. The van der Waals surface area contributed by atoms with Gasteiger partial charge in [-0.15, -0.1) is 0 Å². The van der Waals surface area contributed by atoms with Gasteiger partial charge >= 0.3 is 0 Å². The van der Waals surface area contributed by atoms with Crippen LogP contribution in [0.4, 0.5) is 0 Å². The topological polar surface area (TPSA) is 35.5 Å². The first-order chi connectivity index (χ1) is 8.09. The van der Waals surface area contributed by atoms with Gasteiger partial charge in [0, 0.05) is 5.56 Å². The number of carbonyl (C=O) groups is 1. The van der Waals surface area contributed by atoms with E-state index in [0.29, 0.717) is 6.61 Å². The second-order valence-corrected chi connectivity index (χ2v) is 4.85. The molecule has 0 unspecified atom stereocenters. The van der Waals surface area contributed by atoms with E-state index in [9.17, 15) is 4.79 Å². The van der Waals surface area contributed by atoms with Crippen LogP contribution in [-0.4, -0.2) is 24.8 Å². The van der Waals surface area contributed by atoms with Crippen molar-refractivity contribution in [1.29, 1.82) is 0 Å². The smallest absolute Gasteiger partial charge is 0.163 e. The number of aldehydes is 1. The molecule has 2 rings (SSSR count). The molecule has 1 atom stereocenters. The summed E-state index contributed by atoms with van der Waals surface area (Å²) in [6.45, 7) is 4.54. The fourth-order valence-electron chi connectivity index (χ4n) is 2.00. The summed E-state index contributed by atoms with van der Waals surface area (Å²) in [7, 11) is 0.